The van der Waals surface area contributed by atoms with Crippen LogP contribution in [-0.2, 0) is 9.53 Å². The van der Waals surface area contributed by atoms with Crippen LogP contribution >= 0.6 is 23.8 Å². The fourth-order valence-electron chi connectivity index (χ4n) is 4.16. The minimum absolute atomic E-state index is 0.0496. The summed E-state index contributed by atoms with van der Waals surface area (Å²) in [5, 5.41) is 10.9. The van der Waals surface area contributed by atoms with Crippen LogP contribution in [0.3, 0.4) is 0 Å². The summed E-state index contributed by atoms with van der Waals surface area (Å²) in [7, 11) is 1.76. The zero-order valence-corrected chi connectivity index (χ0v) is 17.5. The molecule has 0 aromatic heterocycles. The second-order valence-electron chi connectivity index (χ2n) is 7.56. The molecule has 148 valence electrons. The van der Waals surface area contributed by atoms with Crippen molar-refractivity contribution in [1.82, 2.24) is 10.6 Å². The molecule has 2 fully saturated rings. The van der Waals surface area contributed by atoms with Gasteiger partial charge in [0.1, 0.15) is 0 Å². The normalized spacial score (nSPS) is 27.4. The van der Waals surface area contributed by atoms with Crippen molar-refractivity contribution in [3.8, 4) is 0 Å². The minimum Gasteiger partial charge on any atom is -0.381 e. The van der Waals surface area contributed by atoms with Gasteiger partial charge in [0, 0.05) is 36.3 Å². The van der Waals surface area contributed by atoms with E-state index in [1.165, 1.54) is 0 Å². The second kappa shape index (κ2) is 9.22. The Morgan fingerprint density at radius 3 is 2.96 bits per heavy atom. The summed E-state index contributed by atoms with van der Waals surface area (Å²) in [6.45, 7) is 2.62. The topological polar surface area (TPSA) is 62.4 Å². The molecule has 3 rings (SSSR count). The van der Waals surface area contributed by atoms with Crippen LogP contribution in [0.1, 0.15) is 37.7 Å². The molecule has 5 nitrogen and oxygen atoms in total. The van der Waals surface area contributed by atoms with E-state index in [1.54, 1.807) is 7.11 Å². The number of anilines is 1. The van der Waals surface area contributed by atoms with Crippen molar-refractivity contribution in [3.63, 3.8) is 0 Å². The summed E-state index contributed by atoms with van der Waals surface area (Å²) in [4.78, 5) is 12.5. The molecular formula is C20H28ClN3O2S. The predicted octanol–water partition coefficient (Wildman–Crippen LogP) is 3.64. The molecule has 0 bridgehead atoms. The number of thiocarbonyl (C=S) groups is 1. The lowest BCUT2D eigenvalue weighted by Gasteiger charge is -2.41. The number of ether oxygens (including phenoxy) is 1. The Balaban J connectivity index is 1.44. The molecule has 1 aliphatic carbocycles. The summed E-state index contributed by atoms with van der Waals surface area (Å²) >= 11 is 11.5. The van der Waals surface area contributed by atoms with E-state index >= 15 is 0 Å². The van der Waals surface area contributed by atoms with Crippen molar-refractivity contribution in [1.29, 1.82) is 0 Å². The van der Waals surface area contributed by atoms with E-state index in [9.17, 15) is 4.79 Å². The van der Waals surface area contributed by atoms with Crippen molar-refractivity contribution in [2.75, 3.05) is 19.0 Å². The van der Waals surface area contributed by atoms with Gasteiger partial charge in [-0.05, 0) is 74.9 Å². The number of piperidine rings is 1. The highest BCUT2D eigenvalue weighted by Gasteiger charge is 2.39. The number of nitrogens with one attached hydrogen (secondary N) is 3. The average Bonchev–Trinajstić information content (AvgIpc) is 2.65. The van der Waals surface area contributed by atoms with Crippen molar-refractivity contribution in [3.05, 3.63) is 28.8 Å². The SMILES string of the molecule is COC1CCC2CC(CCNC(=S)Nc3cccc(Cl)c3C)C(=O)NC2C1. The van der Waals surface area contributed by atoms with E-state index < -0.39 is 0 Å². The van der Waals surface area contributed by atoms with Crippen LogP contribution in [0.5, 0.6) is 0 Å². The zero-order valence-electron chi connectivity index (χ0n) is 15.9. The van der Waals surface area contributed by atoms with Crippen LogP contribution in [0.4, 0.5) is 5.69 Å². The molecule has 0 spiro atoms. The molecule has 1 saturated heterocycles. The van der Waals surface area contributed by atoms with Crippen LogP contribution in [0.15, 0.2) is 18.2 Å². The molecule has 0 radical (unpaired) electrons. The summed E-state index contributed by atoms with van der Waals surface area (Å²) in [5.74, 6) is 0.784. The maximum Gasteiger partial charge on any atom is 0.223 e. The third-order valence-corrected chi connectivity index (χ3v) is 6.51. The number of halogens is 1. The predicted molar refractivity (Wildman–Crippen MR) is 113 cm³/mol. The lowest BCUT2D eigenvalue weighted by Crippen LogP contribution is -2.53. The highest BCUT2D eigenvalue weighted by atomic mass is 35.5. The number of rotatable bonds is 5. The van der Waals surface area contributed by atoms with E-state index in [2.05, 4.69) is 16.0 Å². The standard InChI is InChI=1S/C20H28ClN3O2S/c1-12-16(21)4-3-5-17(12)24-20(27)22-9-8-14-10-13-6-7-15(26-2)11-18(13)23-19(14)25/h3-5,13-15,18H,6-11H2,1-2H3,(H,23,25)(H2,22,24,27). The maximum absolute atomic E-state index is 12.5. The van der Waals surface area contributed by atoms with Gasteiger partial charge in [-0.15, -0.1) is 0 Å². The Labute approximate surface area is 171 Å². The van der Waals surface area contributed by atoms with Crippen LogP contribution < -0.4 is 16.0 Å². The Kier molecular flexibility index (Phi) is 6.95. The quantitative estimate of drug-likeness (QED) is 0.648. The summed E-state index contributed by atoms with van der Waals surface area (Å²) in [5.41, 5.74) is 1.86. The van der Waals surface area contributed by atoms with Gasteiger partial charge in [0.15, 0.2) is 5.11 Å². The maximum atomic E-state index is 12.5. The molecule has 27 heavy (non-hydrogen) atoms. The molecule has 3 N–H and O–H groups in total. The monoisotopic (exact) mass is 409 g/mol. The van der Waals surface area contributed by atoms with E-state index in [-0.39, 0.29) is 24.0 Å². The van der Waals surface area contributed by atoms with E-state index in [0.29, 0.717) is 22.6 Å². The lowest BCUT2D eigenvalue weighted by molar-refractivity contribution is -0.131. The average molecular weight is 410 g/mol. The number of carbonyl (C=O) groups is 1. The van der Waals surface area contributed by atoms with Crippen molar-refractivity contribution in [2.45, 2.75) is 51.2 Å². The van der Waals surface area contributed by atoms with Crippen LogP contribution in [0, 0.1) is 18.8 Å². The van der Waals surface area contributed by atoms with Gasteiger partial charge in [-0.25, -0.2) is 0 Å². The first-order valence-electron chi connectivity index (χ1n) is 9.61. The molecule has 4 atom stereocenters. The van der Waals surface area contributed by atoms with Gasteiger partial charge in [-0.1, -0.05) is 17.7 Å². The number of carbonyl (C=O) groups excluding carboxylic acids is 1. The molecule has 1 aliphatic heterocycles. The first-order valence-corrected chi connectivity index (χ1v) is 10.4. The van der Waals surface area contributed by atoms with E-state index in [1.807, 2.05) is 25.1 Å². The largest absolute Gasteiger partial charge is 0.381 e. The lowest BCUT2D eigenvalue weighted by atomic mass is 9.74. The highest BCUT2D eigenvalue weighted by Crippen LogP contribution is 2.35. The van der Waals surface area contributed by atoms with Gasteiger partial charge in [0.2, 0.25) is 5.91 Å². The summed E-state index contributed by atoms with van der Waals surface area (Å²) < 4.78 is 5.47. The van der Waals surface area contributed by atoms with Gasteiger partial charge >= 0.3 is 0 Å². The first kappa shape index (κ1) is 20.4. The van der Waals surface area contributed by atoms with Crippen LogP contribution in [-0.4, -0.2) is 36.8 Å². The number of hydrogen-bond donors (Lipinski definition) is 3. The fraction of sp³-hybridized carbons (Fsp3) is 0.600. The number of benzene rings is 1. The molecule has 4 unspecified atom stereocenters. The van der Waals surface area contributed by atoms with E-state index in [4.69, 9.17) is 28.6 Å². The Morgan fingerprint density at radius 2 is 2.19 bits per heavy atom. The first-order chi connectivity index (χ1) is 13.0. The van der Waals surface area contributed by atoms with Crippen molar-refractivity contribution < 1.29 is 9.53 Å². The number of hydrogen-bond acceptors (Lipinski definition) is 3. The second-order valence-corrected chi connectivity index (χ2v) is 8.38. The van der Waals surface area contributed by atoms with Gasteiger partial charge in [0.25, 0.3) is 0 Å². The van der Waals surface area contributed by atoms with Gasteiger partial charge < -0.3 is 20.7 Å². The number of amides is 1. The third-order valence-electron chi connectivity index (χ3n) is 5.86. The minimum atomic E-state index is 0.0496. The molecule has 1 heterocycles. The third kappa shape index (κ3) is 5.12. The van der Waals surface area contributed by atoms with Crippen LogP contribution in [0.25, 0.3) is 0 Å². The Morgan fingerprint density at radius 1 is 1.37 bits per heavy atom. The van der Waals surface area contributed by atoms with Crippen LogP contribution in [0.2, 0.25) is 5.02 Å². The molecule has 1 amide bonds. The fourth-order valence-corrected chi connectivity index (χ4v) is 4.55. The smallest absolute Gasteiger partial charge is 0.223 e. The highest BCUT2D eigenvalue weighted by molar-refractivity contribution is 7.80. The van der Waals surface area contributed by atoms with Gasteiger partial charge in [-0.3, -0.25) is 4.79 Å². The van der Waals surface area contributed by atoms with Crippen molar-refractivity contribution >= 4 is 40.5 Å². The Hall–Kier alpha value is -1.37. The van der Waals surface area contributed by atoms with Crippen molar-refractivity contribution in [2.24, 2.45) is 11.8 Å². The zero-order chi connectivity index (χ0) is 19.4. The molecule has 1 aromatic rings. The molecular weight excluding hydrogens is 382 g/mol. The molecule has 2 aliphatic rings. The van der Waals surface area contributed by atoms with E-state index in [0.717, 1.165) is 43.4 Å². The summed E-state index contributed by atoms with van der Waals surface area (Å²) in [6.07, 6.45) is 5.17. The molecule has 1 aromatic carbocycles. The number of methoxy groups -OCH3 is 1. The number of fused-ring (bicyclic) bond motifs is 1. The summed E-state index contributed by atoms with van der Waals surface area (Å²) in [6, 6.07) is 5.96. The molecule has 7 heteroatoms. The Bertz CT molecular complexity index is 700. The van der Waals surface area contributed by atoms with Gasteiger partial charge in [-0.2, -0.15) is 0 Å². The van der Waals surface area contributed by atoms with Gasteiger partial charge in [0.05, 0.1) is 6.10 Å². The molecule has 1 saturated carbocycles.